The molecule has 0 fully saturated rings. The summed E-state index contributed by atoms with van der Waals surface area (Å²) in [5.41, 5.74) is 1.16. The van der Waals surface area contributed by atoms with Crippen molar-refractivity contribution in [3.63, 3.8) is 0 Å². The van der Waals surface area contributed by atoms with Crippen molar-refractivity contribution in [1.82, 2.24) is 15.0 Å². The van der Waals surface area contributed by atoms with Crippen LogP contribution in [-0.4, -0.2) is 21.5 Å². The molecule has 0 saturated heterocycles. The number of unbranched alkanes of at least 4 members (excludes halogenated alkanes) is 2. The molecular weight excluding hydrogens is 250 g/mol. The Morgan fingerprint density at radius 3 is 2.65 bits per heavy atom. The molecule has 5 heteroatoms. The van der Waals surface area contributed by atoms with Gasteiger partial charge in [0.15, 0.2) is 0 Å². The molecule has 0 amide bonds. The minimum Gasteiger partial charge on any atom is -0.370 e. The minimum absolute atomic E-state index is 0.641. The molecule has 0 saturated carbocycles. The molecule has 20 heavy (non-hydrogen) atoms. The minimum atomic E-state index is 0.641. The van der Waals surface area contributed by atoms with E-state index in [4.69, 9.17) is 0 Å². The zero-order valence-electron chi connectivity index (χ0n) is 11.8. The van der Waals surface area contributed by atoms with E-state index in [9.17, 15) is 0 Å². The van der Waals surface area contributed by atoms with E-state index in [1.807, 2.05) is 18.2 Å². The third kappa shape index (κ3) is 4.84. The first-order chi connectivity index (χ1) is 9.88. The van der Waals surface area contributed by atoms with Crippen LogP contribution in [0.1, 0.15) is 31.7 Å². The molecule has 5 nitrogen and oxygen atoms in total. The van der Waals surface area contributed by atoms with Crippen molar-refractivity contribution >= 4 is 11.8 Å². The van der Waals surface area contributed by atoms with Gasteiger partial charge in [0.05, 0.1) is 0 Å². The van der Waals surface area contributed by atoms with Crippen LogP contribution in [0.3, 0.4) is 0 Å². The van der Waals surface area contributed by atoms with Gasteiger partial charge in [0.2, 0.25) is 5.95 Å². The molecule has 2 aromatic heterocycles. The average Bonchev–Trinajstić information content (AvgIpc) is 2.51. The SMILES string of the molecule is CCCCCNc1ccnc(NCc2ccncc2)n1. The molecule has 2 heterocycles. The van der Waals surface area contributed by atoms with E-state index in [-0.39, 0.29) is 0 Å². The summed E-state index contributed by atoms with van der Waals surface area (Å²) >= 11 is 0. The van der Waals surface area contributed by atoms with Gasteiger partial charge in [-0.05, 0) is 30.2 Å². The first kappa shape index (κ1) is 14.2. The molecule has 106 valence electrons. The third-order valence-corrected chi connectivity index (χ3v) is 2.94. The highest BCUT2D eigenvalue weighted by Gasteiger charge is 1.99. The number of aromatic nitrogens is 3. The van der Waals surface area contributed by atoms with Crippen LogP contribution in [0.2, 0.25) is 0 Å². The van der Waals surface area contributed by atoms with Gasteiger partial charge >= 0.3 is 0 Å². The Kier molecular flexibility index (Phi) is 5.76. The molecule has 0 aromatic carbocycles. The van der Waals surface area contributed by atoms with E-state index < -0.39 is 0 Å². The van der Waals surface area contributed by atoms with Gasteiger partial charge in [0.1, 0.15) is 5.82 Å². The number of nitrogens with one attached hydrogen (secondary N) is 2. The largest absolute Gasteiger partial charge is 0.370 e. The summed E-state index contributed by atoms with van der Waals surface area (Å²) < 4.78 is 0. The predicted octanol–water partition coefficient (Wildman–Crippen LogP) is 3.09. The van der Waals surface area contributed by atoms with E-state index in [1.54, 1.807) is 18.6 Å². The first-order valence-corrected chi connectivity index (χ1v) is 7.08. The van der Waals surface area contributed by atoms with Gasteiger partial charge in [-0.3, -0.25) is 4.98 Å². The number of hydrogen-bond acceptors (Lipinski definition) is 5. The van der Waals surface area contributed by atoms with Gasteiger partial charge in [-0.1, -0.05) is 19.8 Å². The highest BCUT2D eigenvalue weighted by Crippen LogP contribution is 2.08. The Bertz CT molecular complexity index is 501. The fourth-order valence-corrected chi connectivity index (χ4v) is 1.82. The number of anilines is 2. The summed E-state index contributed by atoms with van der Waals surface area (Å²) in [6, 6.07) is 5.84. The lowest BCUT2D eigenvalue weighted by Crippen LogP contribution is -2.07. The topological polar surface area (TPSA) is 62.7 Å². The van der Waals surface area contributed by atoms with E-state index in [0.29, 0.717) is 12.5 Å². The Morgan fingerprint density at radius 2 is 1.85 bits per heavy atom. The summed E-state index contributed by atoms with van der Waals surface area (Å²) in [6.07, 6.45) is 8.97. The second-order valence-electron chi connectivity index (χ2n) is 4.61. The van der Waals surface area contributed by atoms with Crippen LogP contribution >= 0.6 is 0 Å². The molecule has 0 bridgehead atoms. The van der Waals surface area contributed by atoms with Crippen molar-refractivity contribution in [2.75, 3.05) is 17.2 Å². The lowest BCUT2D eigenvalue weighted by molar-refractivity contribution is 0.742. The molecule has 0 aliphatic heterocycles. The maximum Gasteiger partial charge on any atom is 0.224 e. The third-order valence-electron chi connectivity index (χ3n) is 2.94. The van der Waals surface area contributed by atoms with Crippen LogP contribution in [0.15, 0.2) is 36.8 Å². The average molecular weight is 271 g/mol. The van der Waals surface area contributed by atoms with E-state index in [1.165, 1.54) is 19.3 Å². The van der Waals surface area contributed by atoms with Crippen molar-refractivity contribution in [2.24, 2.45) is 0 Å². The number of hydrogen-bond donors (Lipinski definition) is 2. The van der Waals surface area contributed by atoms with E-state index >= 15 is 0 Å². The van der Waals surface area contributed by atoms with Gasteiger partial charge in [0, 0.05) is 31.7 Å². The molecular formula is C15H21N5. The van der Waals surface area contributed by atoms with Crippen LogP contribution in [0.25, 0.3) is 0 Å². The van der Waals surface area contributed by atoms with Crippen molar-refractivity contribution in [3.8, 4) is 0 Å². The Balaban J connectivity index is 1.83. The summed E-state index contributed by atoms with van der Waals surface area (Å²) in [5, 5.41) is 6.53. The van der Waals surface area contributed by atoms with Crippen LogP contribution in [-0.2, 0) is 6.54 Å². The second kappa shape index (κ2) is 8.09. The zero-order chi connectivity index (χ0) is 14.0. The summed E-state index contributed by atoms with van der Waals surface area (Å²) in [5.74, 6) is 1.51. The monoisotopic (exact) mass is 271 g/mol. The van der Waals surface area contributed by atoms with Crippen LogP contribution in [0.5, 0.6) is 0 Å². The summed E-state index contributed by atoms with van der Waals surface area (Å²) in [6.45, 7) is 3.85. The highest BCUT2D eigenvalue weighted by atomic mass is 15.1. The summed E-state index contributed by atoms with van der Waals surface area (Å²) in [7, 11) is 0. The second-order valence-corrected chi connectivity index (χ2v) is 4.61. The molecule has 0 atom stereocenters. The zero-order valence-corrected chi connectivity index (χ0v) is 11.8. The van der Waals surface area contributed by atoms with Gasteiger partial charge in [0.25, 0.3) is 0 Å². The maximum atomic E-state index is 4.44. The van der Waals surface area contributed by atoms with Gasteiger partial charge < -0.3 is 10.6 Å². The van der Waals surface area contributed by atoms with Crippen molar-refractivity contribution in [2.45, 2.75) is 32.7 Å². The van der Waals surface area contributed by atoms with Crippen LogP contribution in [0, 0.1) is 0 Å². The van der Waals surface area contributed by atoms with Gasteiger partial charge in [-0.25, -0.2) is 4.98 Å². The lowest BCUT2D eigenvalue weighted by Gasteiger charge is -2.08. The smallest absolute Gasteiger partial charge is 0.224 e. The van der Waals surface area contributed by atoms with Crippen LogP contribution in [0.4, 0.5) is 11.8 Å². The fourth-order valence-electron chi connectivity index (χ4n) is 1.82. The molecule has 0 aliphatic carbocycles. The Morgan fingerprint density at radius 1 is 1.00 bits per heavy atom. The number of rotatable bonds is 8. The Labute approximate surface area is 119 Å². The first-order valence-electron chi connectivity index (χ1n) is 7.08. The summed E-state index contributed by atoms with van der Waals surface area (Å²) in [4.78, 5) is 12.7. The van der Waals surface area contributed by atoms with Crippen molar-refractivity contribution < 1.29 is 0 Å². The predicted molar refractivity (Wildman–Crippen MR) is 81.6 cm³/mol. The highest BCUT2D eigenvalue weighted by molar-refractivity contribution is 5.39. The van der Waals surface area contributed by atoms with Crippen LogP contribution < -0.4 is 10.6 Å². The number of nitrogens with zero attached hydrogens (tertiary/aromatic N) is 3. The molecule has 0 unspecified atom stereocenters. The quantitative estimate of drug-likeness (QED) is 0.722. The standard InChI is InChI=1S/C15H21N5/c1-2-3-4-8-17-14-7-11-18-15(20-14)19-12-13-5-9-16-10-6-13/h5-7,9-11H,2-4,8,12H2,1H3,(H2,17,18,19,20). The van der Waals surface area contributed by atoms with E-state index in [2.05, 4.69) is 32.5 Å². The molecule has 2 N–H and O–H groups in total. The van der Waals surface area contributed by atoms with Crippen molar-refractivity contribution in [1.29, 1.82) is 0 Å². The molecule has 0 aliphatic rings. The molecule has 0 spiro atoms. The molecule has 2 rings (SSSR count). The van der Waals surface area contributed by atoms with Crippen molar-refractivity contribution in [3.05, 3.63) is 42.4 Å². The normalized spacial score (nSPS) is 10.2. The fraction of sp³-hybridized carbons (Fsp3) is 0.400. The van der Waals surface area contributed by atoms with E-state index in [0.717, 1.165) is 17.9 Å². The van der Waals surface area contributed by atoms with Gasteiger partial charge in [-0.2, -0.15) is 4.98 Å². The molecule has 2 aromatic rings. The Hall–Kier alpha value is -2.17. The van der Waals surface area contributed by atoms with Gasteiger partial charge in [-0.15, -0.1) is 0 Å². The lowest BCUT2D eigenvalue weighted by atomic mass is 10.2. The molecule has 0 radical (unpaired) electrons. The maximum absolute atomic E-state index is 4.44. The number of pyridine rings is 1.